The summed E-state index contributed by atoms with van der Waals surface area (Å²) in [5.74, 6) is 1.82. The second-order valence-electron chi connectivity index (χ2n) is 15.6. The number of fused-ring (bicyclic) bond motifs is 6. The molecule has 0 aliphatic carbocycles. The molecular weight excluding hydrogens is 773 g/mol. The zero-order valence-electron chi connectivity index (χ0n) is 33.9. The molecule has 63 heavy (non-hydrogen) atoms. The number of rotatable bonds is 8. The Labute approximate surface area is 363 Å². The first-order chi connectivity index (χ1) is 31.2. The summed E-state index contributed by atoms with van der Waals surface area (Å²) in [5.41, 5.74) is 13.6. The van der Waals surface area contributed by atoms with Gasteiger partial charge >= 0.3 is 0 Å². The van der Waals surface area contributed by atoms with E-state index in [4.69, 9.17) is 23.8 Å². The van der Waals surface area contributed by atoms with Crippen molar-refractivity contribution in [3.63, 3.8) is 0 Å². The Morgan fingerprint density at radius 1 is 0.286 bits per heavy atom. The molecule has 3 heterocycles. The largest absolute Gasteiger partial charge is 0.456 e. The predicted molar refractivity (Wildman–Crippen MR) is 256 cm³/mol. The van der Waals surface area contributed by atoms with Gasteiger partial charge in [-0.2, -0.15) is 0 Å². The first-order valence-electron chi connectivity index (χ1n) is 21.0. The van der Waals surface area contributed by atoms with Gasteiger partial charge in [-0.3, -0.25) is 0 Å². The molecule has 0 atom stereocenters. The molecule has 0 unspecified atom stereocenters. The van der Waals surface area contributed by atoms with Crippen LogP contribution in [0.5, 0.6) is 0 Å². The molecule has 6 nitrogen and oxygen atoms in total. The van der Waals surface area contributed by atoms with Crippen molar-refractivity contribution in [3.8, 4) is 56.4 Å². The number of hydrogen-bond acceptors (Lipinski definition) is 6. The van der Waals surface area contributed by atoms with Crippen molar-refractivity contribution in [3.05, 3.63) is 218 Å². The number of nitrogens with zero attached hydrogens (tertiary/aromatic N) is 4. The normalized spacial score (nSPS) is 11.5. The van der Waals surface area contributed by atoms with E-state index in [1.165, 1.54) is 5.56 Å². The molecule has 0 radical (unpaired) electrons. The molecular formula is C57H36N4O2. The molecule has 12 aromatic rings. The number of para-hydroxylation sites is 1. The first-order valence-corrected chi connectivity index (χ1v) is 21.0. The fourth-order valence-corrected chi connectivity index (χ4v) is 8.66. The van der Waals surface area contributed by atoms with Gasteiger partial charge in [0, 0.05) is 61.4 Å². The maximum absolute atomic E-state index is 6.48. The average Bonchev–Trinajstić information content (AvgIpc) is 3.93. The molecule has 0 spiro atoms. The lowest BCUT2D eigenvalue weighted by molar-refractivity contribution is 0.668. The van der Waals surface area contributed by atoms with Gasteiger partial charge in [-0.05, 0) is 82.9 Å². The molecule has 12 rings (SSSR count). The fourth-order valence-electron chi connectivity index (χ4n) is 8.66. The number of aromatic nitrogens is 3. The zero-order chi connectivity index (χ0) is 41.7. The second-order valence-corrected chi connectivity index (χ2v) is 15.6. The van der Waals surface area contributed by atoms with Crippen LogP contribution in [-0.4, -0.2) is 15.0 Å². The summed E-state index contributed by atoms with van der Waals surface area (Å²) < 4.78 is 12.9. The summed E-state index contributed by atoms with van der Waals surface area (Å²) in [5, 5.41) is 4.16. The monoisotopic (exact) mass is 808 g/mol. The molecule has 296 valence electrons. The molecule has 0 aliphatic rings. The van der Waals surface area contributed by atoms with Crippen molar-refractivity contribution in [2.75, 3.05) is 4.90 Å². The van der Waals surface area contributed by atoms with Gasteiger partial charge in [-0.25, -0.2) is 15.0 Å². The van der Waals surface area contributed by atoms with E-state index in [-0.39, 0.29) is 0 Å². The Hall–Kier alpha value is -8.61. The van der Waals surface area contributed by atoms with Gasteiger partial charge < -0.3 is 13.7 Å². The van der Waals surface area contributed by atoms with Crippen LogP contribution in [0.1, 0.15) is 0 Å². The van der Waals surface area contributed by atoms with E-state index < -0.39 is 0 Å². The van der Waals surface area contributed by atoms with Crippen LogP contribution in [0.25, 0.3) is 100 Å². The smallest absolute Gasteiger partial charge is 0.164 e. The molecule has 0 aliphatic heterocycles. The highest BCUT2D eigenvalue weighted by Crippen LogP contribution is 2.42. The van der Waals surface area contributed by atoms with Gasteiger partial charge in [0.25, 0.3) is 0 Å². The predicted octanol–water partition coefficient (Wildman–Crippen LogP) is 15.5. The average molecular weight is 809 g/mol. The molecule has 0 N–H and O–H groups in total. The third-order valence-corrected chi connectivity index (χ3v) is 11.7. The molecule has 3 aromatic heterocycles. The van der Waals surface area contributed by atoms with Crippen molar-refractivity contribution >= 4 is 60.9 Å². The van der Waals surface area contributed by atoms with Crippen LogP contribution in [0.4, 0.5) is 17.1 Å². The Kier molecular flexibility index (Phi) is 8.71. The van der Waals surface area contributed by atoms with Crippen LogP contribution < -0.4 is 4.90 Å². The van der Waals surface area contributed by atoms with Crippen molar-refractivity contribution in [1.29, 1.82) is 0 Å². The van der Waals surface area contributed by atoms with E-state index in [0.29, 0.717) is 17.5 Å². The lowest BCUT2D eigenvalue weighted by Crippen LogP contribution is -2.09. The Balaban J connectivity index is 0.950. The maximum atomic E-state index is 6.48. The highest BCUT2D eigenvalue weighted by molar-refractivity contribution is 6.13. The maximum Gasteiger partial charge on any atom is 0.164 e. The molecule has 0 fully saturated rings. The minimum absolute atomic E-state index is 0.587. The summed E-state index contributed by atoms with van der Waals surface area (Å²) in [6.07, 6.45) is 0. The lowest BCUT2D eigenvalue weighted by atomic mass is 10.00. The molecule has 0 saturated carbocycles. The molecule has 0 saturated heterocycles. The fraction of sp³-hybridized carbons (Fsp3) is 0. The standard InChI is InChI=1S/C57H36N4O2/c1-4-13-37(14-5-1)38-23-28-43(29-24-38)61(45-32-33-47-46-19-10-11-21-50(46)63-53(47)36-45)44-30-25-39(26-31-44)42-27-34-51-49(35-42)54-48(20-12-22-52(54)62-51)57-59-55(40-15-6-2-7-16-40)58-56(60-57)41-17-8-3-9-18-41/h1-36H. The van der Waals surface area contributed by atoms with E-state index in [1.807, 2.05) is 91.0 Å². The third-order valence-electron chi connectivity index (χ3n) is 11.7. The summed E-state index contributed by atoms with van der Waals surface area (Å²) in [7, 11) is 0. The van der Waals surface area contributed by atoms with Gasteiger partial charge in [0.15, 0.2) is 17.5 Å². The molecule has 0 amide bonds. The van der Waals surface area contributed by atoms with Crippen LogP contribution in [0, 0.1) is 0 Å². The second kappa shape index (κ2) is 15.1. The highest BCUT2D eigenvalue weighted by atomic mass is 16.3. The number of benzene rings is 9. The van der Waals surface area contributed by atoms with Crippen molar-refractivity contribution in [1.82, 2.24) is 15.0 Å². The Morgan fingerprint density at radius 3 is 1.43 bits per heavy atom. The van der Waals surface area contributed by atoms with E-state index >= 15 is 0 Å². The van der Waals surface area contributed by atoms with Crippen LogP contribution in [-0.2, 0) is 0 Å². The highest BCUT2D eigenvalue weighted by Gasteiger charge is 2.20. The SMILES string of the molecule is c1ccc(-c2ccc(N(c3ccc(-c4ccc5oc6cccc(-c7nc(-c8ccccc8)nc(-c8ccccc8)n7)c6c5c4)cc3)c3ccc4c(c3)oc3ccccc34)cc2)cc1. The van der Waals surface area contributed by atoms with Gasteiger partial charge in [-0.15, -0.1) is 0 Å². The van der Waals surface area contributed by atoms with Crippen molar-refractivity contribution in [2.24, 2.45) is 0 Å². The molecule has 6 heteroatoms. The van der Waals surface area contributed by atoms with Crippen LogP contribution in [0.3, 0.4) is 0 Å². The van der Waals surface area contributed by atoms with Gasteiger partial charge in [-0.1, -0.05) is 152 Å². The zero-order valence-corrected chi connectivity index (χ0v) is 33.9. The Bertz CT molecular complexity index is 3540. The number of furan rings is 2. The molecule has 9 aromatic carbocycles. The minimum atomic E-state index is 0.587. The quantitative estimate of drug-likeness (QED) is 0.152. The van der Waals surface area contributed by atoms with Gasteiger partial charge in [0.05, 0.1) is 0 Å². The third kappa shape index (κ3) is 6.58. The Morgan fingerprint density at radius 2 is 0.762 bits per heavy atom. The summed E-state index contributed by atoms with van der Waals surface area (Å²) in [4.78, 5) is 17.3. The van der Waals surface area contributed by atoms with Crippen molar-refractivity contribution < 1.29 is 8.83 Å². The van der Waals surface area contributed by atoms with Crippen LogP contribution in [0.15, 0.2) is 227 Å². The first kappa shape index (κ1) is 36.3. The topological polar surface area (TPSA) is 68.2 Å². The van der Waals surface area contributed by atoms with E-state index in [1.54, 1.807) is 0 Å². The summed E-state index contributed by atoms with van der Waals surface area (Å²) >= 11 is 0. The summed E-state index contributed by atoms with van der Waals surface area (Å²) in [6.45, 7) is 0. The number of anilines is 3. The van der Waals surface area contributed by atoms with Crippen LogP contribution >= 0.6 is 0 Å². The van der Waals surface area contributed by atoms with Gasteiger partial charge in [0.2, 0.25) is 0 Å². The number of hydrogen-bond donors (Lipinski definition) is 0. The van der Waals surface area contributed by atoms with E-state index in [9.17, 15) is 0 Å². The minimum Gasteiger partial charge on any atom is -0.456 e. The van der Waals surface area contributed by atoms with E-state index in [2.05, 4.69) is 132 Å². The molecule has 0 bridgehead atoms. The summed E-state index contributed by atoms with van der Waals surface area (Å²) in [6, 6.07) is 75.2. The van der Waals surface area contributed by atoms with Gasteiger partial charge in [0.1, 0.15) is 22.3 Å². The van der Waals surface area contributed by atoms with E-state index in [0.717, 1.165) is 94.3 Å². The van der Waals surface area contributed by atoms with Crippen molar-refractivity contribution in [2.45, 2.75) is 0 Å². The lowest BCUT2D eigenvalue weighted by Gasteiger charge is -2.26. The van der Waals surface area contributed by atoms with Crippen LogP contribution in [0.2, 0.25) is 0 Å².